The molecule has 0 bridgehead atoms. The van der Waals surface area contributed by atoms with Crippen LogP contribution < -0.4 is 5.32 Å². The summed E-state index contributed by atoms with van der Waals surface area (Å²) in [6, 6.07) is 15.0. The molecule has 0 fully saturated rings. The molecule has 1 N–H and O–H groups in total. The number of thioether (sulfide) groups is 1. The molecule has 1 unspecified atom stereocenters. The van der Waals surface area contributed by atoms with E-state index in [1.54, 1.807) is 31.2 Å². The minimum Gasteiger partial charge on any atom is -0.324 e. The monoisotopic (exact) mass is 394 g/mol. The number of carbonyl (C=O) groups excluding carboxylic acids is 2. The van der Waals surface area contributed by atoms with Crippen LogP contribution in [0.25, 0.3) is 11.4 Å². The smallest absolute Gasteiger partial charge is 0.237 e. The summed E-state index contributed by atoms with van der Waals surface area (Å²) in [4.78, 5) is 24.4. The Hall–Kier alpha value is -2.93. The highest BCUT2D eigenvalue weighted by Crippen LogP contribution is 2.27. The number of benzene rings is 2. The normalized spacial score (nSPS) is 11.9. The van der Waals surface area contributed by atoms with Gasteiger partial charge in [0.25, 0.3) is 0 Å². The maximum atomic E-state index is 12.6. The van der Waals surface area contributed by atoms with Gasteiger partial charge in [-0.05, 0) is 32.9 Å². The van der Waals surface area contributed by atoms with E-state index in [-0.39, 0.29) is 11.7 Å². The van der Waals surface area contributed by atoms with Crippen LogP contribution in [0.5, 0.6) is 0 Å². The summed E-state index contributed by atoms with van der Waals surface area (Å²) in [5.74, 6) is 0.461. The van der Waals surface area contributed by atoms with E-state index in [1.807, 2.05) is 42.8 Å². The number of nitrogens with one attached hydrogen (secondary N) is 1. The SMILES string of the molecule is CC(=O)c1ccccc1NC(=O)C(C)Sc1nnc(-c2ccc(C)cc2)n1C. The summed E-state index contributed by atoms with van der Waals surface area (Å²) in [5, 5.41) is 11.6. The maximum Gasteiger partial charge on any atom is 0.237 e. The van der Waals surface area contributed by atoms with Gasteiger partial charge >= 0.3 is 0 Å². The molecule has 1 atom stereocenters. The molecule has 6 nitrogen and oxygen atoms in total. The Morgan fingerprint density at radius 2 is 1.75 bits per heavy atom. The van der Waals surface area contributed by atoms with Crippen molar-refractivity contribution in [3.05, 3.63) is 59.7 Å². The Morgan fingerprint density at radius 1 is 1.07 bits per heavy atom. The molecule has 2 aromatic carbocycles. The summed E-state index contributed by atoms with van der Waals surface area (Å²) < 4.78 is 1.88. The number of aryl methyl sites for hydroxylation is 1. The topological polar surface area (TPSA) is 76.9 Å². The lowest BCUT2D eigenvalue weighted by Crippen LogP contribution is -2.23. The minimum absolute atomic E-state index is 0.0905. The quantitative estimate of drug-likeness (QED) is 0.503. The molecule has 3 aromatic rings. The van der Waals surface area contributed by atoms with Crippen LogP contribution in [0.1, 0.15) is 29.8 Å². The van der Waals surface area contributed by atoms with Gasteiger partial charge in [-0.3, -0.25) is 9.59 Å². The zero-order valence-corrected chi connectivity index (χ0v) is 17.1. The second-order valence-corrected chi connectivity index (χ2v) is 7.89. The van der Waals surface area contributed by atoms with Crippen molar-refractivity contribution < 1.29 is 9.59 Å². The summed E-state index contributed by atoms with van der Waals surface area (Å²) in [6.07, 6.45) is 0. The van der Waals surface area contributed by atoms with Crippen LogP contribution in [0.3, 0.4) is 0 Å². The molecular formula is C21H22N4O2S. The summed E-state index contributed by atoms with van der Waals surface area (Å²) in [6.45, 7) is 5.32. The Kier molecular flexibility index (Phi) is 5.94. The first kappa shape index (κ1) is 19.8. The number of rotatable bonds is 6. The number of Topliss-reactive ketones (excluding diaryl/α,β-unsaturated/α-hetero) is 1. The molecule has 144 valence electrons. The average Bonchev–Trinajstić information content (AvgIpc) is 3.03. The Balaban J connectivity index is 1.73. The first-order valence-corrected chi connectivity index (χ1v) is 9.78. The molecule has 1 heterocycles. The lowest BCUT2D eigenvalue weighted by molar-refractivity contribution is -0.115. The highest BCUT2D eigenvalue weighted by molar-refractivity contribution is 8.00. The second-order valence-electron chi connectivity index (χ2n) is 6.58. The van der Waals surface area contributed by atoms with E-state index in [4.69, 9.17) is 0 Å². The van der Waals surface area contributed by atoms with Gasteiger partial charge in [-0.1, -0.05) is 53.7 Å². The fourth-order valence-corrected chi connectivity index (χ4v) is 3.53. The fourth-order valence-electron chi connectivity index (χ4n) is 2.72. The first-order valence-electron chi connectivity index (χ1n) is 8.90. The molecule has 0 radical (unpaired) electrons. The van der Waals surface area contributed by atoms with Crippen molar-refractivity contribution in [2.45, 2.75) is 31.2 Å². The number of ketones is 1. The Labute approximate surface area is 168 Å². The standard InChI is InChI=1S/C21H22N4O2S/c1-13-9-11-16(12-10-13)19-23-24-21(25(19)4)28-15(3)20(27)22-18-8-6-5-7-17(18)14(2)26/h5-12,15H,1-4H3,(H,22,27). The zero-order valence-electron chi connectivity index (χ0n) is 16.3. The second kappa shape index (κ2) is 8.39. The molecule has 0 saturated carbocycles. The molecule has 0 saturated heterocycles. The van der Waals surface area contributed by atoms with Gasteiger partial charge in [0, 0.05) is 18.2 Å². The molecule has 0 aliphatic rings. The zero-order chi connectivity index (χ0) is 20.3. The largest absolute Gasteiger partial charge is 0.324 e. The van der Waals surface area contributed by atoms with Gasteiger partial charge in [0.1, 0.15) is 0 Å². The van der Waals surface area contributed by atoms with Gasteiger partial charge in [-0.2, -0.15) is 0 Å². The van der Waals surface area contributed by atoms with Crippen LogP contribution in [0.2, 0.25) is 0 Å². The number of anilines is 1. The highest BCUT2D eigenvalue weighted by atomic mass is 32.2. The van der Waals surface area contributed by atoms with E-state index in [0.29, 0.717) is 16.4 Å². The van der Waals surface area contributed by atoms with Crippen LogP contribution in [-0.4, -0.2) is 31.7 Å². The maximum absolute atomic E-state index is 12.6. The molecular weight excluding hydrogens is 372 g/mol. The van der Waals surface area contributed by atoms with Crippen molar-refractivity contribution in [1.82, 2.24) is 14.8 Å². The summed E-state index contributed by atoms with van der Waals surface area (Å²) in [5.41, 5.74) is 3.16. The van der Waals surface area contributed by atoms with Gasteiger partial charge in [0.2, 0.25) is 5.91 Å². The van der Waals surface area contributed by atoms with Gasteiger partial charge < -0.3 is 9.88 Å². The lowest BCUT2D eigenvalue weighted by Gasteiger charge is -2.13. The number of hydrogen-bond donors (Lipinski definition) is 1. The van der Waals surface area contributed by atoms with Crippen LogP contribution in [0.4, 0.5) is 5.69 Å². The van der Waals surface area contributed by atoms with E-state index >= 15 is 0 Å². The molecule has 1 aromatic heterocycles. The Bertz CT molecular complexity index is 1010. The average molecular weight is 395 g/mol. The van der Waals surface area contributed by atoms with Gasteiger partial charge in [0.15, 0.2) is 16.8 Å². The Morgan fingerprint density at radius 3 is 2.43 bits per heavy atom. The molecule has 7 heteroatoms. The van der Waals surface area contributed by atoms with Crippen LogP contribution in [0.15, 0.2) is 53.7 Å². The van der Waals surface area contributed by atoms with Gasteiger partial charge in [-0.15, -0.1) is 10.2 Å². The number of hydrogen-bond acceptors (Lipinski definition) is 5. The van der Waals surface area contributed by atoms with Crippen LogP contribution >= 0.6 is 11.8 Å². The third-order valence-electron chi connectivity index (χ3n) is 4.36. The molecule has 0 spiro atoms. The number of aromatic nitrogens is 3. The number of para-hydroxylation sites is 1. The third kappa shape index (κ3) is 4.31. The van der Waals surface area contributed by atoms with E-state index < -0.39 is 5.25 Å². The van der Waals surface area contributed by atoms with E-state index in [9.17, 15) is 9.59 Å². The van der Waals surface area contributed by atoms with E-state index in [2.05, 4.69) is 15.5 Å². The summed E-state index contributed by atoms with van der Waals surface area (Å²) in [7, 11) is 1.88. The van der Waals surface area contributed by atoms with Gasteiger partial charge in [-0.25, -0.2) is 0 Å². The molecule has 28 heavy (non-hydrogen) atoms. The van der Waals surface area contributed by atoms with Crippen LogP contribution in [-0.2, 0) is 11.8 Å². The van der Waals surface area contributed by atoms with Crippen molar-refractivity contribution in [3.8, 4) is 11.4 Å². The predicted octanol–water partition coefficient (Wildman–Crippen LogP) is 4.11. The summed E-state index contributed by atoms with van der Waals surface area (Å²) >= 11 is 1.32. The van der Waals surface area contributed by atoms with E-state index in [0.717, 1.165) is 11.4 Å². The van der Waals surface area contributed by atoms with Crippen molar-refractivity contribution >= 4 is 29.1 Å². The first-order chi connectivity index (χ1) is 13.4. The number of nitrogens with zero attached hydrogens (tertiary/aromatic N) is 3. The molecule has 0 aliphatic carbocycles. The minimum atomic E-state index is -0.409. The molecule has 0 aliphatic heterocycles. The van der Waals surface area contributed by atoms with E-state index in [1.165, 1.54) is 24.2 Å². The van der Waals surface area contributed by atoms with Gasteiger partial charge in [0.05, 0.1) is 10.9 Å². The van der Waals surface area contributed by atoms with Crippen molar-refractivity contribution in [2.75, 3.05) is 5.32 Å². The third-order valence-corrected chi connectivity index (χ3v) is 5.49. The van der Waals surface area contributed by atoms with Crippen LogP contribution in [0, 0.1) is 6.92 Å². The highest BCUT2D eigenvalue weighted by Gasteiger charge is 2.20. The van der Waals surface area contributed by atoms with Crippen molar-refractivity contribution in [2.24, 2.45) is 7.05 Å². The number of amides is 1. The van der Waals surface area contributed by atoms with Crippen molar-refractivity contribution in [1.29, 1.82) is 0 Å². The lowest BCUT2D eigenvalue weighted by atomic mass is 10.1. The molecule has 1 amide bonds. The number of carbonyl (C=O) groups is 2. The fraction of sp³-hybridized carbons (Fsp3) is 0.238. The van der Waals surface area contributed by atoms with Crippen molar-refractivity contribution in [3.63, 3.8) is 0 Å². The molecule has 3 rings (SSSR count). The predicted molar refractivity (Wildman–Crippen MR) is 112 cm³/mol.